The lowest BCUT2D eigenvalue weighted by atomic mass is 9.62. The molecule has 4 heteroatoms. The largest absolute Gasteiger partial charge is 0.497 e. The van der Waals surface area contributed by atoms with Gasteiger partial charge < -0.3 is 10.1 Å². The second-order valence-electron chi connectivity index (χ2n) is 7.20. The zero-order valence-electron chi connectivity index (χ0n) is 13.4. The Bertz CT molecular complexity index is 644. The summed E-state index contributed by atoms with van der Waals surface area (Å²) in [6.07, 6.45) is 3.21. The molecule has 1 saturated carbocycles. The first-order valence-electron chi connectivity index (χ1n) is 8.39. The Labute approximate surface area is 145 Å². The summed E-state index contributed by atoms with van der Waals surface area (Å²) in [5.41, 5.74) is 2.60. The van der Waals surface area contributed by atoms with Gasteiger partial charge in [0, 0.05) is 23.8 Å². The van der Waals surface area contributed by atoms with Crippen LogP contribution < -0.4 is 5.32 Å². The minimum Gasteiger partial charge on any atom is -0.497 e. The summed E-state index contributed by atoms with van der Waals surface area (Å²) in [5, 5.41) is 3.26. The van der Waals surface area contributed by atoms with Crippen molar-refractivity contribution in [1.29, 1.82) is 0 Å². The number of fused-ring (bicyclic) bond motifs is 2. The maximum Gasteiger partial charge on any atom is 0.234 e. The number of rotatable bonds is 1. The van der Waals surface area contributed by atoms with E-state index in [-0.39, 0.29) is 28.8 Å². The topological polar surface area (TPSA) is 38.3 Å². The summed E-state index contributed by atoms with van der Waals surface area (Å²) in [5.74, 6) is 1.55. The van der Waals surface area contributed by atoms with Crippen LogP contribution in [0.25, 0.3) is 0 Å². The van der Waals surface area contributed by atoms with Gasteiger partial charge in [-0.15, -0.1) is 0 Å². The predicted octanol–water partition coefficient (Wildman–Crippen LogP) is 3.61. The minimum absolute atomic E-state index is 0.105. The van der Waals surface area contributed by atoms with Gasteiger partial charge in [0.15, 0.2) is 0 Å². The fourth-order valence-electron chi connectivity index (χ4n) is 4.80. The number of hydrogen-bond donors (Lipinski definition) is 1. The molecule has 0 spiro atoms. The SMILES string of the molecule is CC1=COC2C1CC1C(NC(=O)C(Br)C1c1ccccc1)C2C. The monoisotopic (exact) mass is 375 g/mol. The number of piperidine rings is 1. The average molecular weight is 376 g/mol. The van der Waals surface area contributed by atoms with Crippen LogP contribution in [-0.4, -0.2) is 22.9 Å². The van der Waals surface area contributed by atoms with Crippen LogP contribution in [0.2, 0.25) is 0 Å². The second kappa shape index (κ2) is 5.66. The highest BCUT2D eigenvalue weighted by molar-refractivity contribution is 9.10. The molecule has 1 N–H and O–H groups in total. The number of carbonyl (C=O) groups excluding carboxylic acids is 1. The summed E-state index contributed by atoms with van der Waals surface area (Å²) in [6, 6.07) is 10.6. The molecule has 2 heterocycles. The first-order chi connectivity index (χ1) is 11.1. The highest BCUT2D eigenvalue weighted by atomic mass is 79.9. The van der Waals surface area contributed by atoms with E-state index in [0.29, 0.717) is 17.8 Å². The molecule has 0 aromatic heterocycles. The van der Waals surface area contributed by atoms with Crippen LogP contribution in [0.1, 0.15) is 31.7 Å². The molecule has 2 fully saturated rings. The van der Waals surface area contributed by atoms with Crippen molar-refractivity contribution in [3.8, 4) is 0 Å². The smallest absolute Gasteiger partial charge is 0.234 e. The van der Waals surface area contributed by atoms with E-state index in [2.05, 4.69) is 59.4 Å². The van der Waals surface area contributed by atoms with Crippen LogP contribution in [0.3, 0.4) is 0 Å². The summed E-state index contributed by atoms with van der Waals surface area (Å²) in [7, 11) is 0. The molecule has 2 aliphatic heterocycles. The van der Waals surface area contributed by atoms with Crippen molar-refractivity contribution < 1.29 is 9.53 Å². The fraction of sp³-hybridized carbons (Fsp3) is 0.526. The normalized spacial score (nSPS) is 42.1. The van der Waals surface area contributed by atoms with E-state index in [9.17, 15) is 4.79 Å². The Hall–Kier alpha value is -1.29. The van der Waals surface area contributed by atoms with Crippen LogP contribution in [0.5, 0.6) is 0 Å². The molecule has 3 aliphatic rings. The van der Waals surface area contributed by atoms with E-state index >= 15 is 0 Å². The van der Waals surface area contributed by atoms with Gasteiger partial charge in [0.05, 0.1) is 6.26 Å². The van der Waals surface area contributed by atoms with Crippen molar-refractivity contribution >= 4 is 21.8 Å². The molecule has 1 saturated heterocycles. The molecule has 7 atom stereocenters. The molecular weight excluding hydrogens is 354 g/mol. The van der Waals surface area contributed by atoms with Gasteiger partial charge >= 0.3 is 0 Å². The second-order valence-corrected chi connectivity index (χ2v) is 8.19. The van der Waals surface area contributed by atoms with E-state index in [0.717, 1.165) is 6.42 Å². The fourth-order valence-corrected chi connectivity index (χ4v) is 5.63. The number of halogens is 1. The molecule has 1 aliphatic carbocycles. The van der Waals surface area contributed by atoms with Crippen LogP contribution in [0, 0.1) is 17.8 Å². The third-order valence-electron chi connectivity index (χ3n) is 5.98. The maximum atomic E-state index is 12.5. The summed E-state index contributed by atoms with van der Waals surface area (Å²) < 4.78 is 5.91. The molecule has 1 aromatic carbocycles. The number of hydrogen-bond acceptors (Lipinski definition) is 2. The van der Waals surface area contributed by atoms with Crippen LogP contribution in [0.15, 0.2) is 42.2 Å². The van der Waals surface area contributed by atoms with Crippen molar-refractivity contribution in [2.45, 2.75) is 43.2 Å². The number of alkyl halides is 1. The van der Waals surface area contributed by atoms with Gasteiger partial charge in [-0.25, -0.2) is 0 Å². The Kier molecular flexibility index (Phi) is 3.75. The van der Waals surface area contributed by atoms with Crippen molar-refractivity contribution in [2.75, 3.05) is 0 Å². The number of amides is 1. The lowest BCUT2D eigenvalue weighted by molar-refractivity contribution is -0.127. The first-order valence-corrected chi connectivity index (χ1v) is 9.31. The summed E-state index contributed by atoms with van der Waals surface area (Å²) >= 11 is 3.67. The van der Waals surface area contributed by atoms with Gasteiger partial charge in [-0.05, 0) is 30.4 Å². The average Bonchev–Trinajstić information content (AvgIpc) is 2.92. The molecule has 0 radical (unpaired) electrons. The zero-order chi connectivity index (χ0) is 16.1. The van der Waals surface area contributed by atoms with Gasteiger partial charge in [0.1, 0.15) is 10.9 Å². The predicted molar refractivity (Wildman–Crippen MR) is 93.2 cm³/mol. The standard InChI is InChI=1S/C19H22BrNO2/c1-10-9-23-18-11(2)17-14(8-13(10)18)15(16(20)19(22)21-17)12-6-4-3-5-7-12/h3-7,9,11,13-18H,8H2,1-2H3,(H,21,22). The van der Waals surface area contributed by atoms with Gasteiger partial charge in [-0.3, -0.25) is 4.79 Å². The number of carbonyl (C=O) groups is 1. The summed E-state index contributed by atoms with van der Waals surface area (Å²) in [6.45, 7) is 4.39. The highest BCUT2D eigenvalue weighted by Crippen LogP contribution is 2.50. The molecule has 122 valence electrons. The molecule has 1 amide bonds. The van der Waals surface area contributed by atoms with Crippen molar-refractivity contribution in [1.82, 2.24) is 5.32 Å². The van der Waals surface area contributed by atoms with Crippen LogP contribution in [-0.2, 0) is 9.53 Å². The Balaban J connectivity index is 1.73. The molecule has 1 aromatic rings. The van der Waals surface area contributed by atoms with Gasteiger partial charge in [-0.1, -0.05) is 53.2 Å². The van der Waals surface area contributed by atoms with Gasteiger partial charge in [0.25, 0.3) is 0 Å². The van der Waals surface area contributed by atoms with E-state index in [1.807, 2.05) is 12.3 Å². The Morgan fingerprint density at radius 1 is 1.26 bits per heavy atom. The molecule has 23 heavy (non-hydrogen) atoms. The van der Waals surface area contributed by atoms with E-state index in [1.165, 1.54) is 11.1 Å². The van der Waals surface area contributed by atoms with Crippen molar-refractivity contribution in [3.05, 3.63) is 47.7 Å². The minimum atomic E-state index is -0.165. The third kappa shape index (κ3) is 2.34. The molecule has 7 unspecified atom stereocenters. The van der Waals surface area contributed by atoms with Crippen LogP contribution in [0.4, 0.5) is 0 Å². The molecule has 4 rings (SSSR count). The summed E-state index contributed by atoms with van der Waals surface area (Å²) in [4.78, 5) is 12.4. The third-order valence-corrected chi connectivity index (χ3v) is 6.97. The Morgan fingerprint density at radius 3 is 2.74 bits per heavy atom. The zero-order valence-corrected chi connectivity index (χ0v) is 15.0. The van der Waals surface area contributed by atoms with Gasteiger partial charge in [0.2, 0.25) is 5.91 Å². The molecule has 0 bridgehead atoms. The van der Waals surface area contributed by atoms with E-state index in [1.54, 1.807) is 0 Å². The quantitative estimate of drug-likeness (QED) is 0.761. The number of ether oxygens (including phenoxy) is 1. The van der Waals surface area contributed by atoms with Crippen LogP contribution >= 0.6 is 15.9 Å². The maximum absolute atomic E-state index is 12.5. The van der Waals surface area contributed by atoms with E-state index in [4.69, 9.17) is 4.74 Å². The lowest BCUT2D eigenvalue weighted by Crippen LogP contribution is -2.61. The first kappa shape index (κ1) is 15.3. The molecular formula is C19H22BrNO2. The highest BCUT2D eigenvalue weighted by Gasteiger charge is 2.53. The number of nitrogens with one attached hydrogen (secondary N) is 1. The van der Waals surface area contributed by atoms with Crippen molar-refractivity contribution in [2.24, 2.45) is 17.8 Å². The van der Waals surface area contributed by atoms with E-state index < -0.39 is 0 Å². The number of benzene rings is 1. The lowest BCUT2D eigenvalue weighted by Gasteiger charge is -2.50. The van der Waals surface area contributed by atoms with Crippen molar-refractivity contribution in [3.63, 3.8) is 0 Å². The molecule has 3 nitrogen and oxygen atoms in total. The Morgan fingerprint density at radius 2 is 2.00 bits per heavy atom. The van der Waals surface area contributed by atoms with Gasteiger partial charge in [-0.2, -0.15) is 0 Å².